The van der Waals surface area contributed by atoms with Crippen LogP contribution in [-0.4, -0.2) is 31.2 Å². The summed E-state index contributed by atoms with van der Waals surface area (Å²) in [5.41, 5.74) is -0.534. The summed E-state index contributed by atoms with van der Waals surface area (Å²) in [5, 5.41) is 11.1. The highest BCUT2D eigenvalue weighted by Crippen LogP contribution is 2.34. The second-order valence-corrected chi connectivity index (χ2v) is 6.98. The van der Waals surface area contributed by atoms with Crippen LogP contribution in [0.3, 0.4) is 0 Å². The molecule has 0 saturated heterocycles. The molecule has 1 aromatic rings. The molecule has 1 aliphatic carbocycles. The fraction of sp³-hybridized carbons (Fsp3) is 0.385. The molecule has 21 heavy (non-hydrogen) atoms. The van der Waals surface area contributed by atoms with E-state index in [2.05, 4.69) is 0 Å². The lowest BCUT2D eigenvalue weighted by atomic mass is 9.81. The second kappa shape index (κ2) is 5.36. The molecule has 1 fully saturated rings. The van der Waals surface area contributed by atoms with E-state index < -0.39 is 26.4 Å². The molecule has 0 radical (unpaired) electrons. The van der Waals surface area contributed by atoms with Gasteiger partial charge in [-0.15, -0.1) is 0 Å². The Hall–Kier alpha value is -2.09. The lowest BCUT2D eigenvalue weighted by Gasteiger charge is -2.19. The Morgan fingerprint density at radius 2 is 1.76 bits per heavy atom. The summed E-state index contributed by atoms with van der Waals surface area (Å²) in [7, 11) is -3.61. The normalized spacial score (nSPS) is 17.0. The van der Waals surface area contributed by atoms with E-state index in [1.54, 1.807) is 0 Å². The zero-order valence-electron chi connectivity index (χ0n) is 11.2. The van der Waals surface area contributed by atoms with Gasteiger partial charge in [-0.05, 0) is 18.6 Å². The molecule has 0 amide bonds. The van der Waals surface area contributed by atoms with Gasteiger partial charge in [0.2, 0.25) is 0 Å². The summed E-state index contributed by atoms with van der Waals surface area (Å²) in [6, 6.07) is 3.28. The number of nitro benzene ring substituents is 1. The summed E-state index contributed by atoms with van der Waals surface area (Å²) >= 11 is 0. The van der Waals surface area contributed by atoms with Crippen LogP contribution in [0.25, 0.3) is 0 Å². The molecule has 1 saturated carbocycles. The Bertz CT molecular complexity index is 721. The topological polar surface area (TPSA) is 111 Å². The van der Waals surface area contributed by atoms with Crippen LogP contribution in [0.5, 0.6) is 0 Å². The predicted molar refractivity (Wildman–Crippen MR) is 72.8 cm³/mol. The number of nitro groups is 1. The first kappa shape index (κ1) is 15.3. The van der Waals surface area contributed by atoms with E-state index in [0.29, 0.717) is 6.42 Å². The Kier molecular flexibility index (Phi) is 3.91. The number of ketones is 2. The zero-order chi connectivity index (χ0) is 15.8. The van der Waals surface area contributed by atoms with Crippen molar-refractivity contribution < 1.29 is 22.9 Å². The van der Waals surface area contributed by atoms with Gasteiger partial charge in [0.1, 0.15) is 17.5 Å². The van der Waals surface area contributed by atoms with E-state index in [1.165, 1.54) is 12.1 Å². The number of rotatable bonds is 3. The van der Waals surface area contributed by atoms with Crippen LogP contribution in [0.1, 0.15) is 30.7 Å². The molecule has 0 spiro atoms. The van der Waals surface area contributed by atoms with Crippen molar-refractivity contribution >= 4 is 27.1 Å². The number of nitrogens with zero attached hydrogens (tertiary/aromatic N) is 1. The van der Waals surface area contributed by atoms with E-state index in [0.717, 1.165) is 12.3 Å². The third-order valence-corrected chi connectivity index (χ3v) is 4.54. The molecule has 2 rings (SSSR count). The van der Waals surface area contributed by atoms with Crippen molar-refractivity contribution in [2.45, 2.75) is 30.1 Å². The minimum atomic E-state index is -3.61. The van der Waals surface area contributed by atoms with Gasteiger partial charge in [0, 0.05) is 30.7 Å². The Labute approximate surface area is 121 Å². The van der Waals surface area contributed by atoms with Gasteiger partial charge in [-0.25, -0.2) is 8.42 Å². The van der Waals surface area contributed by atoms with Crippen molar-refractivity contribution in [3.63, 3.8) is 0 Å². The standard InChI is InChI=1S/C13H13NO6S/c1-21(19,20)8-5-6-9(10(7-8)14(17)18)13-11(15)3-2-4-12(13)16/h5-7,13H,2-4H2,1H3. The van der Waals surface area contributed by atoms with Crippen molar-refractivity contribution in [1.82, 2.24) is 0 Å². The quantitative estimate of drug-likeness (QED) is 0.474. The molecule has 0 heterocycles. The lowest BCUT2D eigenvalue weighted by molar-refractivity contribution is -0.385. The summed E-state index contributed by atoms with van der Waals surface area (Å²) in [5.74, 6) is -1.88. The minimum Gasteiger partial charge on any atom is -0.299 e. The average molecular weight is 311 g/mol. The predicted octanol–water partition coefficient (Wildman–Crippen LogP) is 1.40. The zero-order valence-corrected chi connectivity index (χ0v) is 12.1. The van der Waals surface area contributed by atoms with Crippen LogP contribution in [-0.2, 0) is 19.4 Å². The highest BCUT2D eigenvalue weighted by Gasteiger charge is 2.36. The second-order valence-electron chi connectivity index (χ2n) is 4.97. The fourth-order valence-electron chi connectivity index (χ4n) is 2.41. The molecule has 0 atom stereocenters. The molecule has 0 aliphatic heterocycles. The number of benzene rings is 1. The van der Waals surface area contributed by atoms with Gasteiger partial charge in [0.05, 0.1) is 9.82 Å². The van der Waals surface area contributed by atoms with Crippen molar-refractivity contribution in [3.8, 4) is 0 Å². The summed E-state index contributed by atoms with van der Waals surface area (Å²) in [4.78, 5) is 34.0. The Morgan fingerprint density at radius 1 is 1.19 bits per heavy atom. The van der Waals surface area contributed by atoms with Crippen LogP contribution in [0.2, 0.25) is 0 Å². The van der Waals surface area contributed by atoms with Crippen molar-refractivity contribution in [2.75, 3.05) is 6.26 Å². The number of sulfone groups is 1. The van der Waals surface area contributed by atoms with Gasteiger partial charge in [-0.1, -0.05) is 0 Å². The Morgan fingerprint density at radius 3 is 2.24 bits per heavy atom. The van der Waals surface area contributed by atoms with Gasteiger partial charge in [0.25, 0.3) is 5.69 Å². The first-order valence-electron chi connectivity index (χ1n) is 6.25. The smallest absolute Gasteiger partial charge is 0.275 e. The molecular weight excluding hydrogens is 298 g/mol. The fourth-order valence-corrected chi connectivity index (χ4v) is 3.05. The first-order valence-corrected chi connectivity index (χ1v) is 8.15. The van der Waals surface area contributed by atoms with Gasteiger partial charge in [-0.2, -0.15) is 0 Å². The first-order chi connectivity index (χ1) is 9.71. The lowest BCUT2D eigenvalue weighted by Crippen LogP contribution is -2.27. The van der Waals surface area contributed by atoms with Crippen LogP contribution in [0.4, 0.5) is 5.69 Å². The molecule has 0 N–H and O–H groups in total. The average Bonchev–Trinajstić information content (AvgIpc) is 2.37. The van der Waals surface area contributed by atoms with E-state index in [4.69, 9.17) is 0 Å². The monoisotopic (exact) mass is 311 g/mol. The number of hydrogen-bond acceptors (Lipinski definition) is 6. The highest BCUT2D eigenvalue weighted by molar-refractivity contribution is 7.90. The number of carbonyl (C=O) groups excluding carboxylic acids is 2. The molecule has 7 nitrogen and oxygen atoms in total. The summed E-state index contributed by atoms with van der Waals surface area (Å²) < 4.78 is 22.9. The Balaban J connectivity index is 2.61. The van der Waals surface area contributed by atoms with E-state index in [9.17, 15) is 28.1 Å². The molecular formula is C13H13NO6S. The van der Waals surface area contributed by atoms with E-state index in [1.807, 2.05) is 0 Å². The number of carbonyl (C=O) groups is 2. The van der Waals surface area contributed by atoms with E-state index in [-0.39, 0.29) is 34.9 Å². The van der Waals surface area contributed by atoms with Gasteiger partial charge in [-0.3, -0.25) is 19.7 Å². The number of Topliss-reactive ketones (excluding diaryl/α,β-unsaturated/α-hetero) is 2. The number of hydrogen-bond donors (Lipinski definition) is 0. The van der Waals surface area contributed by atoms with Gasteiger partial charge >= 0.3 is 0 Å². The maximum absolute atomic E-state index is 11.9. The molecule has 112 valence electrons. The highest BCUT2D eigenvalue weighted by atomic mass is 32.2. The van der Waals surface area contributed by atoms with Gasteiger partial charge < -0.3 is 0 Å². The van der Waals surface area contributed by atoms with Crippen LogP contribution in [0.15, 0.2) is 23.1 Å². The molecule has 1 aromatic carbocycles. The van der Waals surface area contributed by atoms with Gasteiger partial charge in [0.15, 0.2) is 9.84 Å². The van der Waals surface area contributed by atoms with Crippen molar-refractivity contribution in [1.29, 1.82) is 0 Å². The maximum Gasteiger partial charge on any atom is 0.275 e. The largest absolute Gasteiger partial charge is 0.299 e. The van der Waals surface area contributed by atoms with Crippen molar-refractivity contribution in [3.05, 3.63) is 33.9 Å². The van der Waals surface area contributed by atoms with Crippen LogP contribution < -0.4 is 0 Å². The minimum absolute atomic E-state index is 0.0258. The van der Waals surface area contributed by atoms with Crippen LogP contribution >= 0.6 is 0 Å². The third-order valence-electron chi connectivity index (χ3n) is 3.43. The van der Waals surface area contributed by atoms with Crippen molar-refractivity contribution in [2.24, 2.45) is 0 Å². The maximum atomic E-state index is 11.9. The van der Waals surface area contributed by atoms with E-state index >= 15 is 0 Å². The molecule has 0 bridgehead atoms. The molecule has 1 aliphatic rings. The third kappa shape index (κ3) is 2.99. The SMILES string of the molecule is CS(=O)(=O)c1ccc(C2C(=O)CCCC2=O)c([N+](=O)[O-])c1. The molecule has 8 heteroatoms. The summed E-state index contributed by atoms with van der Waals surface area (Å²) in [6.07, 6.45) is 1.77. The molecule has 0 aromatic heterocycles. The van der Waals surface area contributed by atoms with Crippen LogP contribution in [0, 0.1) is 10.1 Å². The molecule has 0 unspecified atom stereocenters. The summed E-state index contributed by atoms with van der Waals surface area (Å²) in [6.45, 7) is 0.